The van der Waals surface area contributed by atoms with E-state index >= 15 is 0 Å². The average molecular weight is 311 g/mol. The van der Waals surface area contributed by atoms with E-state index in [-0.39, 0.29) is 37.0 Å². The van der Waals surface area contributed by atoms with Gasteiger partial charge in [0.15, 0.2) is 5.78 Å². The Labute approximate surface area is 128 Å². The number of hydrogen-bond acceptors (Lipinski definition) is 5. The molecule has 0 aromatic carbocycles. The first-order valence-electron chi connectivity index (χ1n) is 7.26. The number of ether oxygens (including phenoxy) is 1. The molecular formula is C15H21NO4S. The van der Waals surface area contributed by atoms with Crippen molar-refractivity contribution in [2.45, 2.75) is 31.8 Å². The summed E-state index contributed by atoms with van der Waals surface area (Å²) in [6.45, 7) is 1.59. The highest BCUT2D eigenvalue weighted by atomic mass is 32.1. The van der Waals surface area contributed by atoms with Crippen molar-refractivity contribution in [2.24, 2.45) is 5.92 Å². The number of carbonyl (C=O) groups excluding carboxylic acids is 2. The van der Waals surface area contributed by atoms with E-state index in [1.807, 2.05) is 11.4 Å². The van der Waals surface area contributed by atoms with Crippen LogP contribution in [0.25, 0.3) is 0 Å². The average Bonchev–Trinajstić information content (AvgIpc) is 3.05. The molecule has 0 saturated carbocycles. The van der Waals surface area contributed by atoms with Gasteiger partial charge in [0, 0.05) is 32.6 Å². The third-order valence-corrected chi connectivity index (χ3v) is 4.60. The van der Waals surface area contributed by atoms with E-state index in [0.29, 0.717) is 18.1 Å². The molecule has 1 aliphatic rings. The zero-order valence-electron chi connectivity index (χ0n) is 11.9. The van der Waals surface area contributed by atoms with Crippen LogP contribution >= 0.6 is 11.3 Å². The number of hydrogen-bond donors (Lipinski definition) is 2. The van der Waals surface area contributed by atoms with Crippen molar-refractivity contribution in [3.05, 3.63) is 22.4 Å². The van der Waals surface area contributed by atoms with Gasteiger partial charge in [-0.05, 0) is 30.2 Å². The van der Waals surface area contributed by atoms with Gasteiger partial charge in [0.2, 0.25) is 5.91 Å². The van der Waals surface area contributed by atoms with E-state index in [2.05, 4.69) is 5.32 Å². The summed E-state index contributed by atoms with van der Waals surface area (Å²) < 4.78 is 5.24. The van der Waals surface area contributed by atoms with Crippen LogP contribution in [0.4, 0.5) is 0 Å². The second-order valence-corrected chi connectivity index (χ2v) is 6.17. The molecule has 2 rings (SSSR count). The van der Waals surface area contributed by atoms with Gasteiger partial charge in [-0.3, -0.25) is 9.59 Å². The zero-order valence-corrected chi connectivity index (χ0v) is 12.7. The van der Waals surface area contributed by atoms with Crippen molar-refractivity contribution in [1.29, 1.82) is 0 Å². The first kappa shape index (κ1) is 16.1. The van der Waals surface area contributed by atoms with Gasteiger partial charge in [-0.2, -0.15) is 0 Å². The number of ketones is 1. The van der Waals surface area contributed by atoms with Crippen LogP contribution in [0.1, 0.15) is 35.4 Å². The van der Waals surface area contributed by atoms with Crippen molar-refractivity contribution >= 4 is 23.0 Å². The topological polar surface area (TPSA) is 75.6 Å². The maximum absolute atomic E-state index is 11.8. The molecular weight excluding hydrogens is 290 g/mol. The van der Waals surface area contributed by atoms with Gasteiger partial charge in [-0.25, -0.2) is 0 Å². The summed E-state index contributed by atoms with van der Waals surface area (Å²) in [5.41, 5.74) is 0. The quantitative estimate of drug-likeness (QED) is 0.750. The molecule has 0 radical (unpaired) electrons. The lowest BCUT2D eigenvalue weighted by molar-refractivity contribution is -0.121. The van der Waals surface area contributed by atoms with Crippen LogP contribution in [0, 0.1) is 5.92 Å². The molecule has 21 heavy (non-hydrogen) atoms. The van der Waals surface area contributed by atoms with Gasteiger partial charge in [0.25, 0.3) is 0 Å². The van der Waals surface area contributed by atoms with Crippen LogP contribution < -0.4 is 5.32 Å². The molecule has 2 N–H and O–H groups in total. The smallest absolute Gasteiger partial charge is 0.220 e. The van der Waals surface area contributed by atoms with E-state index < -0.39 is 6.10 Å². The van der Waals surface area contributed by atoms with Gasteiger partial charge in [0.1, 0.15) is 0 Å². The molecule has 2 heterocycles. The van der Waals surface area contributed by atoms with Crippen molar-refractivity contribution in [1.82, 2.24) is 5.32 Å². The van der Waals surface area contributed by atoms with Gasteiger partial charge in [-0.1, -0.05) is 6.07 Å². The Balaban J connectivity index is 1.64. The van der Waals surface area contributed by atoms with Crippen LogP contribution in [0.15, 0.2) is 17.5 Å². The number of nitrogens with one attached hydrogen (secondary N) is 1. The normalized spacial score (nSPS) is 17.4. The molecule has 0 spiro atoms. The number of rotatable bonds is 7. The summed E-state index contributed by atoms with van der Waals surface area (Å²) in [5.74, 6) is -0.0112. The largest absolute Gasteiger partial charge is 0.391 e. The number of aliphatic hydroxyl groups is 1. The maximum atomic E-state index is 11.8. The van der Waals surface area contributed by atoms with Crippen LogP contribution in [0.5, 0.6) is 0 Å². The molecule has 1 atom stereocenters. The summed E-state index contributed by atoms with van der Waals surface area (Å²) in [6.07, 6.45) is 1.49. The molecule has 1 amide bonds. The lowest BCUT2D eigenvalue weighted by atomic mass is 9.94. The molecule has 1 fully saturated rings. The Hall–Kier alpha value is -1.24. The van der Waals surface area contributed by atoms with Gasteiger partial charge < -0.3 is 15.2 Å². The van der Waals surface area contributed by atoms with E-state index in [9.17, 15) is 14.7 Å². The Morgan fingerprint density at radius 3 is 2.81 bits per heavy atom. The minimum absolute atomic E-state index is 0.00914. The molecule has 116 valence electrons. The second-order valence-electron chi connectivity index (χ2n) is 5.22. The summed E-state index contributed by atoms with van der Waals surface area (Å²) in [6, 6.07) is 3.59. The van der Waals surface area contributed by atoms with Crippen molar-refractivity contribution < 1.29 is 19.4 Å². The molecule has 0 aliphatic carbocycles. The van der Waals surface area contributed by atoms with E-state index in [1.165, 1.54) is 11.3 Å². The number of carbonyl (C=O) groups is 2. The fraction of sp³-hybridized carbons (Fsp3) is 0.600. The predicted octanol–water partition coefficient (Wildman–Crippen LogP) is 1.61. The van der Waals surface area contributed by atoms with Crippen LogP contribution in [-0.4, -0.2) is 42.7 Å². The number of aliphatic hydroxyl groups excluding tert-OH is 1. The van der Waals surface area contributed by atoms with E-state index in [1.54, 1.807) is 6.07 Å². The van der Waals surface area contributed by atoms with Crippen LogP contribution in [0.2, 0.25) is 0 Å². The predicted molar refractivity (Wildman–Crippen MR) is 80.4 cm³/mol. The first-order valence-corrected chi connectivity index (χ1v) is 8.14. The fourth-order valence-corrected chi connectivity index (χ4v) is 3.06. The number of amides is 1. The maximum Gasteiger partial charge on any atom is 0.220 e. The minimum Gasteiger partial charge on any atom is -0.391 e. The Morgan fingerprint density at radius 2 is 2.14 bits per heavy atom. The summed E-state index contributed by atoms with van der Waals surface area (Å²) in [7, 11) is 0. The minimum atomic E-state index is -0.536. The van der Waals surface area contributed by atoms with Gasteiger partial charge >= 0.3 is 0 Å². The molecule has 1 aliphatic heterocycles. The number of Topliss-reactive ketones (excluding diaryl/α,β-unsaturated/α-hetero) is 1. The SMILES string of the molecule is O=C(CCC(=O)c1cccs1)NCC(O)C1CCOCC1. The molecule has 1 aromatic rings. The summed E-state index contributed by atoms with van der Waals surface area (Å²) >= 11 is 1.39. The zero-order chi connectivity index (χ0) is 15.1. The Bertz CT molecular complexity index is 454. The standard InChI is InChI=1S/C15H21NO4S/c17-12(14-2-1-9-21-14)3-4-15(19)16-10-13(18)11-5-7-20-8-6-11/h1-2,9,11,13,18H,3-8,10H2,(H,16,19). The molecule has 1 unspecified atom stereocenters. The van der Waals surface area contributed by atoms with E-state index in [4.69, 9.17) is 4.74 Å². The second kappa shape index (κ2) is 8.26. The van der Waals surface area contributed by atoms with E-state index in [0.717, 1.165) is 12.8 Å². The Kier molecular flexibility index (Phi) is 6.35. The fourth-order valence-electron chi connectivity index (χ4n) is 2.36. The molecule has 1 aromatic heterocycles. The summed E-state index contributed by atoms with van der Waals surface area (Å²) in [5, 5.41) is 14.6. The molecule has 5 nitrogen and oxygen atoms in total. The molecule has 1 saturated heterocycles. The third kappa shape index (κ3) is 5.22. The molecule has 0 bridgehead atoms. The van der Waals surface area contributed by atoms with Gasteiger partial charge in [-0.15, -0.1) is 11.3 Å². The monoisotopic (exact) mass is 311 g/mol. The third-order valence-electron chi connectivity index (χ3n) is 3.69. The van der Waals surface area contributed by atoms with Crippen LogP contribution in [-0.2, 0) is 9.53 Å². The lowest BCUT2D eigenvalue weighted by Gasteiger charge is -2.26. The Morgan fingerprint density at radius 1 is 1.38 bits per heavy atom. The first-order chi connectivity index (χ1) is 10.2. The van der Waals surface area contributed by atoms with Crippen molar-refractivity contribution in [2.75, 3.05) is 19.8 Å². The highest BCUT2D eigenvalue weighted by Gasteiger charge is 2.22. The summed E-state index contributed by atoms with van der Waals surface area (Å²) in [4.78, 5) is 24.2. The van der Waals surface area contributed by atoms with Crippen molar-refractivity contribution in [3.8, 4) is 0 Å². The van der Waals surface area contributed by atoms with Crippen LogP contribution in [0.3, 0.4) is 0 Å². The highest BCUT2D eigenvalue weighted by Crippen LogP contribution is 2.18. The highest BCUT2D eigenvalue weighted by molar-refractivity contribution is 7.12. The van der Waals surface area contributed by atoms with Crippen molar-refractivity contribution in [3.63, 3.8) is 0 Å². The molecule has 6 heteroatoms. The number of thiophene rings is 1. The van der Waals surface area contributed by atoms with Gasteiger partial charge in [0.05, 0.1) is 11.0 Å². The lowest BCUT2D eigenvalue weighted by Crippen LogP contribution is -2.38.